The van der Waals surface area contributed by atoms with Crippen LogP contribution in [0.5, 0.6) is 11.5 Å². The molecule has 6 nitrogen and oxygen atoms in total. The number of halogens is 1. The summed E-state index contributed by atoms with van der Waals surface area (Å²) in [7, 11) is 1.47. The van der Waals surface area contributed by atoms with Crippen LogP contribution in [0.3, 0.4) is 0 Å². The number of carbonyl (C=O) groups is 2. The van der Waals surface area contributed by atoms with Crippen LogP contribution < -0.4 is 14.8 Å². The number of benzene rings is 2. The molecule has 0 fully saturated rings. The van der Waals surface area contributed by atoms with Gasteiger partial charge in [-0.3, -0.25) is 4.79 Å². The smallest absolute Gasteiger partial charge is 0.326 e. The van der Waals surface area contributed by atoms with E-state index in [1.54, 1.807) is 31.2 Å². The maximum Gasteiger partial charge on any atom is 0.326 e. The van der Waals surface area contributed by atoms with E-state index in [-0.39, 0.29) is 0 Å². The van der Waals surface area contributed by atoms with Crippen LogP contribution in [0.1, 0.15) is 29.3 Å². The zero-order chi connectivity index (χ0) is 19.1. The lowest BCUT2D eigenvalue weighted by Gasteiger charge is -2.14. The molecule has 0 saturated carbocycles. The summed E-state index contributed by atoms with van der Waals surface area (Å²) in [5.41, 5.74) is 1.23. The third-order valence-electron chi connectivity index (χ3n) is 3.75. The van der Waals surface area contributed by atoms with E-state index in [1.165, 1.54) is 13.2 Å². The lowest BCUT2D eigenvalue weighted by Crippen LogP contribution is -2.40. The summed E-state index contributed by atoms with van der Waals surface area (Å²) in [6.07, 6.45) is 0.292. The second kappa shape index (κ2) is 9.10. The van der Waals surface area contributed by atoms with Crippen molar-refractivity contribution in [2.75, 3.05) is 7.11 Å². The van der Waals surface area contributed by atoms with E-state index in [2.05, 4.69) is 5.32 Å². The van der Waals surface area contributed by atoms with Crippen LogP contribution in [0, 0.1) is 0 Å². The zero-order valence-electron chi connectivity index (χ0n) is 14.5. The van der Waals surface area contributed by atoms with Crippen molar-refractivity contribution in [3.63, 3.8) is 0 Å². The Morgan fingerprint density at radius 1 is 1.15 bits per heavy atom. The van der Waals surface area contributed by atoms with Gasteiger partial charge in [0.05, 0.1) is 7.11 Å². The Morgan fingerprint density at radius 2 is 1.85 bits per heavy atom. The minimum atomic E-state index is -1.07. The van der Waals surface area contributed by atoms with Gasteiger partial charge in [0.15, 0.2) is 11.5 Å². The molecule has 7 heteroatoms. The molecule has 1 amide bonds. The minimum Gasteiger partial charge on any atom is -0.493 e. The van der Waals surface area contributed by atoms with Crippen molar-refractivity contribution >= 4 is 23.5 Å². The molecule has 138 valence electrons. The number of carboxylic acids is 1. The van der Waals surface area contributed by atoms with Gasteiger partial charge >= 0.3 is 5.97 Å². The highest BCUT2D eigenvalue weighted by molar-refractivity contribution is 6.30. The largest absolute Gasteiger partial charge is 0.493 e. The highest BCUT2D eigenvalue weighted by Crippen LogP contribution is 2.29. The average Bonchev–Trinajstić information content (AvgIpc) is 2.65. The van der Waals surface area contributed by atoms with Crippen molar-refractivity contribution in [2.45, 2.75) is 26.0 Å². The first kappa shape index (κ1) is 19.6. The Balaban J connectivity index is 2.09. The second-order valence-corrected chi connectivity index (χ2v) is 5.99. The van der Waals surface area contributed by atoms with Gasteiger partial charge in [-0.05, 0) is 42.3 Å². The normalized spacial score (nSPS) is 11.5. The number of aliphatic carboxylic acids is 1. The van der Waals surface area contributed by atoms with Gasteiger partial charge in [0.2, 0.25) is 0 Å². The van der Waals surface area contributed by atoms with Crippen molar-refractivity contribution in [1.29, 1.82) is 0 Å². The lowest BCUT2D eigenvalue weighted by molar-refractivity contribution is -0.139. The first-order valence-corrected chi connectivity index (χ1v) is 8.41. The van der Waals surface area contributed by atoms with Gasteiger partial charge < -0.3 is 19.9 Å². The predicted molar refractivity (Wildman–Crippen MR) is 98.0 cm³/mol. The Hall–Kier alpha value is -2.73. The highest BCUT2D eigenvalue weighted by atomic mass is 35.5. The third-order valence-corrected chi connectivity index (χ3v) is 4.00. The number of carbonyl (C=O) groups excluding carboxylic acids is 1. The molecule has 0 radical (unpaired) electrons. The summed E-state index contributed by atoms with van der Waals surface area (Å²) in [6.45, 7) is 2.00. The third kappa shape index (κ3) is 5.13. The summed E-state index contributed by atoms with van der Waals surface area (Å²) in [4.78, 5) is 23.3. The molecule has 0 saturated heterocycles. The van der Waals surface area contributed by atoms with Crippen LogP contribution in [-0.2, 0) is 11.4 Å². The van der Waals surface area contributed by atoms with Crippen molar-refractivity contribution in [3.8, 4) is 11.5 Å². The Morgan fingerprint density at radius 3 is 2.42 bits per heavy atom. The molecule has 0 heterocycles. The minimum absolute atomic E-state index is 0.292. The average molecular weight is 378 g/mol. The molecule has 2 aromatic rings. The zero-order valence-corrected chi connectivity index (χ0v) is 15.2. The molecule has 0 spiro atoms. The Bertz CT molecular complexity index is 776. The van der Waals surface area contributed by atoms with Crippen LogP contribution in [-0.4, -0.2) is 30.1 Å². The molecule has 0 aliphatic carbocycles. The van der Waals surface area contributed by atoms with E-state index >= 15 is 0 Å². The molecule has 0 aromatic heterocycles. The van der Waals surface area contributed by atoms with E-state index in [0.717, 1.165) is 5.56 Å². The van der Waals surface area contributed by atoms with Crippen molar-refractivity contribution in [3.05, 3.63) is 58.6 Å². The molecule has 2 N–H and O–H groups in total. The van der Waals surface area contributed by atoms with E-state index in [1.807, 2.05) is 12.1 Å². The fourth-order valence-electron chi connectivity index (χ4n) is 2.25. The van der Waals surface area contributed by atoms with Crippen LogP contribution >= 0.6 is 11.6 Å². The van der Waals surface area contributed by atoms with Crippen LogP contribution in [0.25, 0.3) is 0 Å². The summed E-state index contributed by atoms with van der Waals surface area (Å²) >= 11 is 5.85. The Labute approximate surface area is 156 Å². The Kier molecular flexibility index (Phi) is 6.86. The number of nitrogens with one attached hydrogen (secondary N) is 1. The standard InChI is InChI=1S/C19H20ClNO5/c1-3-15(19(23)24)21-18(22)13-6-9-16(17(10-13)25-2)26-11-12-4-7-14(20)8-5-12/h4-10,15H,3,11H2,1-2H3,(H,21,22)(H,23,24). The number of amides is 1. The maximum absolute atomic E-state index is 12.2. The van der Waals surface area contributed by atoms with E-state index in [4.69, 9.17) is 26.2 Å². The van der Waals surface area contributed by atoms with E-state index in [0.29, 0.717) is 35.1 Å². The monoisotopic (exact) mass is 377 g/mol. The number of rotatable bonds is 8. The summed E-state index contributed by atoms with van der Waals surface area (Å²) in [5, 5.41) is 12.2. The van der Waals surface area contributed by atoms with Crippen LogP contribution in [0.15, 0.2) is 42.5 Å². The van der Waals surface area contributed by atoms with Crippen molar-refractivity contribution in [2.24, 2.45) is 0 Å². The molecule has 0 aliphatic rings. The van der Waals surface area contributed by atoms with Crippen LogP contribution in [0.4, 0.5) is 0 Å². The quantitative estimate of drug-likeness (QED) is 0.735. The number of methoxy groups -OCH3 is 1. The van der Waals surface area contributed by atoms with Gasteiger partial charge in [0.1, 0.15) is 12.6 Å². The maximum atomic E-state index is 12.2. The molecular weight excluding hydrogens is 358 g/mol. The number of hydrogen-bond donors (Lipinski definition) is 2. The molecule has 26 heavy (non-hydrogen) atoms. The number of ether oxygens (including phenoxy) is 2. The summed E-state index contributed by atoms with van der Waals surface area (Å²) in [5.74, 6) is -0.697. The lowest BCUT2D eigenvalue weighted by atomic mass is 10.1. The predicted octanol–water partition coefficient (Wildman–Crippen LogP) is 3.52. The van der Waals surface area contributed by atoms with Crippen molar-refractivity contribution < 1.29 is 24.2 Å². The second-order valence-electron chi connectivity index (χ2n) is 5.55. The van der Waals surface area contributed by atoms with E-state index in [9.17, 15) is 9.59 Å². The van der Waals surface area contributed by atoms with Gasteiger partial charge in [-0.25, -0.2) is 4.79 Å². The van der Waals surface area contributed by atoms with Crippen LogP contribution in [0.2, 0.25) is 5.02 Å². The topological polar surface area (TPSA) is 84.9 Å². The fraction of sp³-hybridized carbons (Fsp3) is 0.263. The summed E-state index contributed by atoms with van der Waals surface area (Å²) in [6, 6.07) is 11.0. The highest BCUT2D eigenvalue weighted by Gasteiger charge is 2.19. The molecule has 1 atom stereocenters. The van der Waals surface area contributed by atoms with Gasteiger partial charge in [-0.1, -0.05) is 30.7 Å². The molecular formula is C19H20ClNO5. The molecule has 0 bridgehead atoms. The number of hydrogen-bond acceptors (Lipinski definition) is 4. The van der Waals surface area contributed by atoms with Gasteiger partial charge in [-0.15, -0.1) is 0 Å². The number of carboxylic acid groups (broad SMARTS) is 1. The van der Waals surface area contributed by atoms with Gasteiger partial charge in [0.25, 0.3) is 5.91 Å². The molecule has 2 aromatic carbocycles. The molecule has 2 rings (SSSR count). The first-order valence-electron chi connectivity index (χ1n) is 8.03. The first-order chi connectivity index (χ1) is 12.4. The van der Waals surface area contributed by atoms with Gasteiger partial charge in [-0.2, -0.15) is 0 Å². The van der Waals surface area contributed by atoms with Gasteiger partial charge in [0, 0.05) is 10.6 Å². The van der Waals surface area contributed by atoms with Crippen molar-refractivity contribution in [1.82, 2.24) is 5.32 Å². The molecule has 0 aliphatic heterocycles. The SMILES string of the molecule is CCC(NC(=O)c1ccc(OCc2ccc(Cl)cc2)c(OC)c1)C(=O)O. The summed E-state index contributed by atoms with van der Waals surface area (Å²) < 4.78 is 11.0. The fourth-order valence-corrected chi connectivity index (χ4v) is 2.38. The molecule has 1 unspecified atom stereocenters. The van der Waals surface area contributed by atoms with E-state index < -0.39 is 17.9 Å².